The molecule has 1 aromatic rings. The number of benzene rings is 1. The third-order valence-corrected chi connectivity index (χ3v) is 3.38. The minimum absolute atomic E-state index is 0. The smallest absolute Gasteiger partial charge is 1.00 e. The molecule has 0 radical (unpaired) electrons. The summed E-state index contributed by atoms with van der Waals surface area (Å²) in [5, 5.41) is 0. The van der Waals surface area contributed by atoms with E-state index in [1.165, 1.54) is 33.4 Å². The molecule has 0 heterocycles. The van der Waals surface area contributed by atoms with Crippen molar-refractivity contribution in [3.63, 3.8) is 0 Å². The molecule has 0 nitrogen and oxygen atoms in total. The van der Waals surface area contributed by atoms with E-state index in [0.717, 1.165) is 0 Å². The first-order valence-electron chi connectivity index (χ1n) is 4.50. The van der Waals surface area contributed by atoms with E-state index in [2.05, 4.69) is 41.5 Å². The van der Waals surface area contributed by atoms with Crippen LogP contribution in [0.3, 0.4) is 0 Å². The molecular weight excluding hydrogens is 372 g/mol. The van der Waals surface area contributed by atoms with Crippen molar-refractivity contribution in [3.8, 4) is 0 Å². The molecule has 15 heavy (non-hydrogen) atoms. The van der Waals surface area contributed by atoms with Crippen molar-refractivity contribution in [2.75, 3.05) is 0 Å². The predicted molar refractivity (Wildman–Crippen MR) is 54.9 cm³/mol. The quantitative estimate of drug-likeness (QED) is 0.461. The zero-order chi connectivity index (χ0) is 9.46. The third kappa shape index (κ3) is 3.35. The molecule has 0 N–H and O–H groups in total. The van der Waals surface area contributed by atoms with Crippen LogP contribution in [0, 0.1) is 41.5 Å². The van der Waals surface area contributed by atoms with Gasteiger partial charge in [0.2, 0.25) is 0 Å². The van der Waals surface area contributed by atoms with Crippen molar-refractivity contribution in [1.29, 1.82) is 0 Å². The molecule has 0 aliphatic rings. The van der Waals surface area contributed by atoms with Gasteiger partial charge in [-0.2, -0.15) is 0 Å². The molecule has 1 aromatic carbocycles. The second-order valence-corrected chi connectivity index (χ2v) is 3.75. The number of hydrogen-bond acceptors (Lipinski definition) is 0. The maximum atomic E-state index is 2.21. The number of hydrogen-bond donors (Lipinski definition) is 0. The van der Waals surface area contributed by atoms with Crippen molar-refractivity contribution >= 4 is 0 Å². The van der Waals surface area contributed by atoms with Gasteiger partial charge >= 0.3 is 19.8 Å². The van der Waals surface area contributed by atoms with Crippen LogP contribution in [0.1, 0.15) is 33.4 Å². The van der Waals surface area contributed by atoms with Gasteiger partial charge in [-0.05, 0) is 74.9 Å². The van der Waals surface area contributed by atoms with Crippen molar-refractivity contribution in [1.82, 2.24) is 0 Å². The van der Waals surface area contributed by atoms with Crippen molar-refractivity contribution in [2.24, 2.45) is 0 Å². The van der Waals surface area contributed by atoms with E-state index < -0.39 is 0 Å². The third-order valence-electron chi connectivity index (χ3n) is 3.38. The molecular formula is C12H18F2Os. The van der Waals surface area contributed by atoms with Crippen LogP contribution in [0.4, 0.5) is 0 Å². The molecule has 0 aliphatic heterocycles. The summed E-state index contributed by atoms with van der Waals surface area (Å²) in [6.45, 7) is 13.3. The van der Waals surface area contributed by atoms with Crippen molar-refractivity contribution < 1.29 is 29.2 Å². The van der Waals surface area contributed by atoms with Crippen LogP contribution in [-0.2, 0) is 19.8 Å². The fraction of sp³-hybridized carbons (Fsp3) is 0.500. The molecule has 0 saturated carbocycles. The summed E-state index contributed by atoms with van der Waals surface area (Å²) in [6, 6.07) is 0. The second kappa shape index (κ2) is 7.07. The van der Waals surface area contributed by atoms with Gasteiger partial charge in [0.1, 0.15) is 0 Å². The first-order chi connectivity index (χ1) is 5.46. The Kier molecular flexibility index (Phi) is 9.50. The Balaban J connectivity index is -0.000000480. The van der Waals surface area contributed by atoms with Gasteiger partial charge in [0.25, 0.3) is 0 Å². The van der Waals surface area contributed by atoms with E-state index in [9.17, 15) is 0 Å². The summed E-state index contributed by atoms with van der Waals surface area (Å²) in [6.07, 6.45) is 0. The molecule has 0 bridgehead atoms. The molecule has 0 unspecified atom stereocenters. The standard InChI is InChI=1S/C12H18.2FH.Os/c1-7-8(2)10(4)12(6)11(5)9(7)3;;;/h1-6H3;2*1H;/q;;;+2/p-2. The minimum Gasteiger partial charge on any atom is -1.00 e. The van der Waals surface area contributed by atoms with Crippen LogP contribution in [0.15, 0.2) is 0 Å². The second-order valence-electron chi connectivity index (χ2n) is 3.75. The van der Waals surface area contributed by atoms with Gasteiger partial charge in [-0.3, -0.25) is 0 Å². The molecule has 0 amide bonds. The normalized spacial score (nSPS) is 8.40. The summed E-state index contributed by atoms with van der Waals surface area (Å²) in [7, 11) is 0. The van der Waals surface area contributed by atoms with Gasteiger partial charge < -0.3 is 9.41 Å². The van der Waals surface area contributed by atoms with E-state index in [0.29, 0.717) is 0 Å². The van der Waals surface area contributed by atoms with Gasteiger partial charge in [-0.15, -0.1) is 0 Å². The Labute approximate surface area is 104 Å². The SMILES string of the molecule is Cc1c(C)c(C)c(C)c(C)c1C.[F-].[F-].[Os+2]. The zero-order valence-corrected chi connectivity index (χ0v) is 12.6. The summed E-state index contributed by atoms with van der Waals surface area (Å²) >= 11 is 0. The molecule has 0 saturated heterocycles. The predicted octanol–water partition coefficient (Wildman–Crippen LogP) is -2.46. The van der Waals surface area contributed by atoms with E-state index in [1.807, 2.05) is 0 Å². The van der Waals surface area contributed by atoms with Crippen LogP contribution in [0.2, 0.25) is 0 Å². The molecule has 0 atom stereocenters. The Morgan fingerprint density at radius 3 is 0.533 bits per heavy atom. The van der Waals surface area contributed by atoms with Gasteiger partial charge in [0, 0.05) is 0 Å². The van der Waals surface area contributed by atoms with Gasteiger partial charge in [-0.25, -0.2) is 0 Å². The van der Waals surface area contributed by atoms with Crippen LogP contribution in [0.5, 0.6) is 0 Å². The molecule has 0 aromatic heterocycles. The Morgan fingerprint density at radius 2 is 0.467 bits per heavy atom. The maximum absolute atomic E-state index is 2.21. The fourth-order valence-electron chi connectivity index (χ4n) is 1.69. The van der Waals surface area contributed by atoms with Crippen molar-refractivity contribution in [3.05, 3.63) is 33.4 Å². The molecule has 88 valence electrons. The summed E-state index contributed by atoms with van der Waals surface area (Å²) < 4.78 is 0. The summed E-state index contributed by atoms with van der Waals surface area (Å²) in [4.78, 5) is 0. The zero-order valence-electron chi connectivity index (χ0n) is 10.1. The topological polar surface area (TPSA) is 0 Å². The van der Waals surface area contributed by atoms with E-state index >= 15 is 0 Å². The molecule has 0 spiro atoms. The Bertz CT molecular complexity index is 228. The van der Waals surface area contributed by atoms with Gasteiger partial charge in [0.05, 0.1) is 0 Å². The number of halogens is 2. The van der Waals surface area contributed by atoms with E-state index in [1.54, 1.807) is 0 Å². The summed E-state index contributed by atoms with van der Waals surface area (Å²) in [5.74, 6) is 0. The maximum Gasteiger partial charge on any atom is 2.00 e. The Morgan fingerprint density at radius 1 is 0.400 bits per heavy atom. The van der Waals surface area contributed by atoms with Crippen LogP contribution in [-0.4, -0.2) is 0 Å². The molecule has 1 rings (SSSR count). The van der Waals surface area contributed by atoms with Crippen LogP contribution in [0.25, 0.3) is 0 Å². The molecule has 0 aliphatic carbocycles. The van der Waals surface area contributed by atoms with E-state index in [4.69, 9.17) is 0 Å². The molecule has 0 fully saturated rings. The van der Waals surface area contributed by atoms with E-state index in [-0.39, 0.29) is 29.2 Å². The van der Waals surface area contributed by atoms with Crippen molar-refractivity contribution in [2.45, 2.75) is 41.5 Å². The van der Waals surface area contributed by atoms with Crippen LogP contribution < -0.4 is 9.41 Å². The first-order valence-corrected chi connectivity index (χ1v) is 4.50. The average Bonchev–Trinajstić information content (AvgIpc) is 2.08. The van der Waals surface area contributed by atoms with Gasteiger partial charge in [-0.1, -0.05) is 0 Å². The monoisotopic (exact) mass is 392 g/mol. The van der Waals surface area contributed by atoms with Gasteiger partial charge in [0.15, 0.2) is 0 Å². The Hall–Kier alpha value is -0.284. The average molecular weight is 391 g/mol. The number of rotatable bonds is 0. The minimum atomic E-state index is 0. The molecule has 3 heteroatoms. The fourth-order valence-corrected chi connectivity index (χ4v) is 1.69. The summed E-state index contributed by atoms with van der Waals surface area (Å²) in [5.41, 5.74) is 8.73. The first kappa shape index (κ1) is 20.2. The van der Waals surface area contributed by atoms with Crippen LogP contribution >= 0.6 is 0 Å². The largest absolute Gasteiger partial charge is 2.00 e.